The summed E-state index contributed by atoms with van der Waals surface area (Å²) in [6, 6.07) is 5.14. The number of aliphatic hydroxyl groups excluding tert-OH is 3. The van der Waals surface area contributed by atoms with Crippen LogP contribution in [-0.2, 0) is 19.1 Å². The molecule has 0 bridgehead atoms. The van der Waals surface area contributed by atoms with E-state index in [9.17, 15) is 50.1 Å². The van der Waals surface area contributed by atoms with Gasteiger partial charge in [-0.1, -0.05) is 0 Å². The van der Waals surface area contributed by atoms with E-state index in [0.717, 1.165) is 24.3 Å². The minimum absolute atomic E-state index is 0.0489. The number of aromatic hydroxyl groups is 4. The smallest absolute Gasteiger partial charge is 0.317 e. The van der Waals surface area contributed by atoms with Crippen molar-refractivity contribution in [1.82, 2.24) is 0 Å². The van der Waals surface area contributed by atoms with Crippen molar-refractivity contribution in [3.05, 3.63) is 40.6 Å². The molecular weight excluding hydrogens is 528 g/mol. The molecule has 0 aliphatic carbocycles. The van der Waals surface area contributed by atoms with E-state index < -0.39 is 101 Å². The highest BCUT2D eigenvalue weighted by atomic mass is 16.7. The molecule has 15 nitrogen and oxygen atoms in total. The second kappa shape index (κ2) is 10.7. The Morgan fingerprint density at radius 2 is 1.62 bits per heavy atom. The molecule has 2 heterocycles. The monoisotopic (exact) mass is 550 g/mol. The van der Waals surface area contributed by atoms with Crippen molar-refractivity contribution in [2.45, 2.75) is 37.1 Å². The van der Waals surface area contributed by atoms with Crippen LogP contribution < -0.4 is 10.2 Å². The van der Waals surface area contributed by atoms with Gasteiger partial charge < -0.3 is 59.5 Å². The van der Waals surface area contributed by atoms with E-state index in [1.807, 2.05) is 0 Å². The maximum absolute atomic E-state index is 13.4. The summed E-state index contributed by atoms with van der Waals surface area (Å²) in [6.07, 6.45) is -10.2. The predicted octanol–water partition coefficient (Wildman–Crippen LogP) is -0.513. The minimum Gasteiger partial charge on any atom is -0.508 e. The average Bonchev–Trinajstić information content (AvgIpc) is 2.85. The van der Waals surface area contributed by atoms with Crippen LogP contribution in [0.25, 0.3) is 22.3 Å². The minimum atomic E-state index is -1.99. The van der Waals surface area contributed by atoms with Crippen molar-refractivity contribution >= 4 is 22.9 Å². The summed E-state index contributed by atoms with van der Waals surface area (Å²) in [6.45, 7) is -0.762. The number of ether oxygens (including phenoxy) is 3. The molecule has 1 aliphatic rings. The number of hydrogen-bond donors (Lipinski definition) is 8. The maximum atomic E-state index is 13.4. The van der Waals surface area contributed by atoms with Crippen LogP contribution in [0.3, 0.4) is 0 Å². The number of carbonyl (C=O) groups excluding carboxylic acids is 1. The zero-order valence-electron chi connectivity index (χ0n) is 19.6. The largest absolute Gasteiger partial charge is 0.508 e. The fraction of sp³-hybridized carbons (Fsp3) is 0.292. The van der Waals surface area contributed by atoms with E-state index >= 15 is 0 Å². The Morgan fingerprint density at radius 1 is 0.897 bits per heavy atom. The van der Waals surface area contributed by atoms with Crippen LogP contribution >= 0.6 is 0 Å². The summed E-state index contributed by atoms with van der Waals surface area (Å²) in [5.41, 5.74) is -1.40. The molecule has 8 N–H and O–H groups in total. The van der Waals surface area contributed by atoms with Crippen molar-refractivity contribution < 1.29 is 69.1 Å². The van der Waals surface area contributed by atoms with Crippen LogP contribution in [0.15, 0.2) is 39.5 Å². The number of benzene rings is 2. The fourth-order valence-electron chi connectivity index (χ4n) is 3.85. The lowest BCUT2D eigenvalue weighted by Gasteiger charge is -2.39. The molecule has 208 valence electrons. The van der Waals surface area contributed by atoms with E-state index in [1.165, 1.54) is 6.07 Å². The first-order valence-corrected chi connectivity index (χ1v) is 11.2. The molecule has 1 aliphatic heterocycles. The maximum Gasteiger partial charge on any atom is 0.317 e. The lowest BCUT2D eigenvalue weighted by molar-refractivity contribution is -0.278. The van der Waals surface area contributed by atoms with Crippen molar-refractivity contribution in [3.8, 4) is 40.1 Å². The second-order valence-corrected chi connectivity index (χ2v) is 8.52. The van der Waals surface area contributed by atoms with Gasteiger partial charge in [0.15, 0.2) is 17.3 Å². The van der Waals surface area contributed by atoms with E-state index in [4.69, 9.17) is 23.7 Å². The third-order valence-electron chi connectivity index (χ3n) is 5.76. The first-order chi connectivity index (χ1) is 18.4. The van der Waals surface area contributed by atoms with Gasteiger partial charge >= 0.3 is 11.9 Å². The molecular formula is C24H22O15. The molecule has 4 rings (SSSR count). The van der Waals surface area contributed by atoms with Crippen LogP contribution in [0.2, 0.25) is 0 Å². The fourth-order valence-corrected chi connectivity index (χ4v) is 3.85. The standard InChI is InChI=1S/C24H22O15/c25-9-4-12(28)17-13(5-9)37-22(8-1-2-10(26)11(27)3-8)23(19(17)33)39-24-21(35)20(34)18(32)14(38-24)7-36-16(31)6-15(29)30/h1-5,14,18,20-21,24-28,32,34-35H,6-7H2,(H,29,30)/t14-,18+,20?,21?,24+/m1/s1. The summed E-state index contributed by atoms with van der Waals surface area (Å²) in [7, 11) is 0. The van der Waals surface area contributed by atoms with Crippen LogP contribution in [0.1, 0.15) is 6.42 Å². The molecule has 2 unspecified atom stereocenters. The van der Waals surface area contributed by atoms with Crippen molar-refractivity contribution in [2.24, 2.45) is 0 Å². The highest BCUT2D eigenvalue weighted by molar-refractivity contribution is 5.90. The summed E-state index contributed by atoms with van der Waals surface area (Å²) in [5, 5.41) is 79.0. The second-order valence-electron chi connectivity index (χ2n) is 8.52. The molecule has 0 saturated carbocycles. The predicted molar refractivity (Wildman–Crippen MR) is 125 cm³/mol. The number of fused-ring (bicyclic) bond motifs is 1. The Kier molecular flexibility index (Phi) is 7.51. The molecule has 3 aromatic rings. The molecule has 1 fully saturated rings. The number of aliphatic carboxylic acids is 1. The van der Waals surface area contributed by atoms with Gasteiger partial charge in [0.2, 0.25) is 17.5 Å². The summed E-state index contributed by atoms with van der Waals surface area (Å²) >= 11 is 0. The van der Waals surface area contributed by atoms with Crippen LogP contribution in [0, 0.1) is 0 Å². The molecule has 0 amide bonds. The van der Waals surface area contributed by atoms with Gasteiger partial charge in [-0.2, -0.15) is 0 Å². The van der Waals surface area contributed by atoms with Crippen molar-refractivity contribution in [3.63, 3.8) is 0 Å². The molecule has 0 radical (unpaired) electrons. The van der Waals surface area contributed by atoms with E-state index in [0.29, 0.717) is 0 Å². The zero-order chi connectivity index (χ0) is 28.6. The number of phenolic OH excluding ortho intramolecular Hbond substituents is 4. The average molecular weight is 550 g/mol. The zero-order valence-corrected chi connectivity index (χ0v) is 19.6. The lowest BCUT2D eigenvalue weighted by Crippen LogP contribution is -2.60. The number of carboxylic acid groups (broad SMARTS) is 1. The molecule has 0 spiro atoms. The van der Waals surface area contributed by atoms with Gasteiger partial charge in [0.05, 0.1) is 0 Å². The van der Waals surface area contributed by atoms with E-state index in [2.05, 4.69) is 0 Å². The molecule has 39 heavy (non-hydrogen) atoms. The first-order valence-electron chi connectivity index (χ1n) is 11.2. The van der Waals surface area contributed by atoms with Crippen molar-refractivity contribution in [1.29, 1.82) is 0 Å². The normalized spacial score (nSPS) is 22.9. The van der Waals surface area contributed by atoms with Gasteiger partial charge in [0, 0.05) is 17.7 Å². The Morgan fingerprint density at radius 3 is 2.28 bits per heavy atom. The molecule has 1 aromatic heterocycles. The van der Waals surface area contributed by atoms with Gasteiger partial charge in [-0.25, -0.2) is 0 Å². The number of aliphatic hydroxyl groups is 3. The highest BCUT2D eigenvalue weighted by Gasteiger charge is 2.46. The van der Waals surface area contributed by atoms with Gasteiger partial charge in [-0.05, 0) is 18.2 Å². The number of carboxylic acids is 1. The quantitative estimate of drug-likeness (QED) is 0.105. The van der Waals surface area contributed by atoms with Gasteiger partial charge in [-0.3, -0.25) is 14.4 Å². The Labute approximate surface area is 216 Å². The lowest BCUT2D eigenvalue weighted by atomic mass is 9.99. The Hall–Kier alpha value is -4.57. The summed E-state index contributed by atoms with van der Waals surface area (Å²) in [4.78, 5) is 35.7. The number of hydrogen-bond acceptors (Lipinski definition) is 14. The number of phenols is 4. The SMILES string of the molecule is O=C(O)CC(=O)OC[C@H]1O[C@@H](Oc2c(-c3ccc(O)c(O)c3)oc3cc(O)cc(O)c3c2=O)C(O)C(O)[C@H]1O. The Bertz CT molecular complexity index is 1480. The van der Waals surface area contributed by atoms with Crippen LogP contribution in [0.4, 0.5) is 0 Å². The van der Waals surface area contributed by atoms with Gasteiger partial charge in [0.25, 0.3) is 0 Å². The number of esters is 1. The van der Waals surface area contributed by atoms with E-state index in [-0.39, 0.29) is 11.1 Å². The number of rotatable bonds is 7. The summed E-state index contributed by atoms with van der Waals surface area (Å²) < 4.78 is 21.4. The van der Waals surface area contributed by atoms with Crippen molar-refractivity contribution in [2.75, 3.05) is 6.61 Å². The third kappa shape index (κ3) is 5.51. The van der Waals surface area contributed by atoms with Crippen LogP contribution in [-0.4, -0.2) is 90.1 Å². The third-order valence-corrected chi connectivity index (χ3v) is 5.76. The summed E-state index contributed by atoms with van der Waals surface area (Å²) in [5.74, 6) is -6.09. The van der Waals surface area contributed by atoms with Gasteiger partial charge in [0.1, 0.15) is 59.9 Å². The van der Waals surface area contributed by atoms with E-state index in [1.54, 1.807) is 0 Å². The first kappa shape index (κ1) is 27.5. The number of carbonyl (C=O) groups is 2. The molecule has 15 heteroatoms. The van der Waals surface area contributed by atoms with Gasteiger partial charge in [-0.15, -0.1) is 0 Å². The topological polar surface area (TPSA) is 254 Å². The molecule has 2 aromatic carbocycles. The molecule has 5 atom stereocenters. The highest BCUT2D eigenvalue weighted by Crippen LogP contribution is 2.39. The molecule has 1 saturated heterocycles. The van der Waals surface area contributed by atoms with Crippen LogP contribution in [0.5, 0.6) is 28.7 Å². The Balaban J connectivity index is 1.76.